The first kappa shape index (κ1) is 19.9. The van der Waals surface area contributed by atoms with Gasteiger partial charge in [-0.05, 0) is 37.3 Å². The lowest BCUT2D eigenvalue weighted by Gasteiger charge is -2.26. The topological polar surface area (TPSA) is 33.3 Å². The number of methoxy groups -OCH3 is 1. The van der Waals surface area contributed by atoms with Crippen molar-refractivity contribution in [1.29, 1.82) is 0 Å². The standard InChI is InChI=1S/C24H34N2O/c1-27-23-16-10-9-13-21(23)19-25-24(18-17-20-11-5-4-6-12-20)26-22-14-7-2-3-8-15-22/h4-6,9-13,16,22,24-26H,2-3,7-8,14-15,17-19H2,1H3/t24-/m0/s1. The lowest BCUT2D eigenvalue weighted by molar-refractivity contribution is 0.328. The Labute approximate surface area is 164 Å². The molecule has 1 aliphatic carbocycles. The van der Waals surface area contributed by atoms with Gasteiger partial charge in [0.2, 0.25) is 0 Å². The largest absolute Gasteiger partial charge is 0.496 e. The molecule has 1 fully saturated rings. The van der Waals surface area contributed by atoms with Gasteiger partial charge in [0.1, 0.15) is 5.75 Å². The summed E-state index contributed by atoms with van der Waals surface area (Å²) in [5, 5.41) is 7.68. The number of benzene rings is 2. The van der Waals surface area contributed by atoms with E-state index in [9.17, 15) is 0 Å². The van der Waals surface area contributed by atoms with Crippen LogP contribution < -0.4 is 15.4 Å². The summed E-state index contributed by atoms with van der Waals surface area (Å²) >= 11 is 0. The Bertz CT molecular complexity index is 650. The van der Waals surface area contributed by atoms with E-state index in [1.54, 1.807) is 7.11 Å². The first-order valence-corrected chi connectivity index (χ1v) is 10.5. The first-order chi connectivity index (χ1) is 13.3. The van der Waals surface area contributed by atoms with E-state index in [1.807, 2.05) is 12.1 Å². The minimum Gasteiger partial charge on any atom is -0.496 e. The third-order valence-corrected chi connectivity index (χ3v) is 5.59. The number of nitrogens with one attached hydrogen (secondary N) is 2. The lowest BCUT2D eigenvalue weighted by Crippen LogP contribution is -2.47. The molecule has 27 heavy (non-hydrogen) atoms. The van der Waals surface area contributed by atoms with Gasteiger partial charge in [-0.15, -0.1) is 0 Å². The Balaban J connectivity index is 1.60. The molecule has 3 rings (SSSR count). The summed E-state index contributed by atoms with van der Waals surface area (Å²) in [6, 6.07) is 19.7. The maximum absolute atomic E-state index is 5.51. The molecular weight excluding hydrogens is 332 g/mol. The predicted octanol–water partition coefficient (Wildman–Crippen LogP) is 5.06. The van der Waals surface area contributed by atoms with E-state index >= 15 is 0 Å². The Morgan fingerprint density at radius 3 is 2.37 bits per heavy atom. The number of para-hydroxylation sites is 1. The lowest BCUT2D eigenvalue weighted by atomic mass is 10.1. The Kier molecular flexibility index (Phi) is 8.19. The maximum atomic E-state index is 5.51. The van der Waals surface area contributed by atoms with Crippen LogP contribution >= 0.6 is 0 Å². The van der Waals surface area contributed by atoms with E-state index in [2.05, 4.69) is 53.1 Å². The summed E-state index contributed by atoms with van der Waals surface area (Å²) < 4.78 is 5.51. The Hall–Kier alpha value is -1.84. The van der Waals surface area contributed by atoms with Gasteiger partial charge in [0.25, 0.3) is 0 Å². The SMILES string of the molecule is COc1ccccc1CN[C@H](CCc1ccccc1)NC1CCCCCC1. The Morgan fingerprint density at radius 1 is 0.926 bits per heavy atom. The van der Waals surface area contributed by atoms with Crippen LogP contribution in [0, 0.1) is 0 Å². The summed E-state index contributed by atoms with van der Waals surface area (Å²) in [4.78, 5) is 0. The van der Waals surface area contributed by atoms with Gasteiger partial charge in [0, 0.05) is 18.2 Å². The monoisotopic (exact) mass is 366 g/mol. The fourth-order valence-electron chi connectivity index (χ4n) is 4.01. The molecule has 1 aliphatic rings. The quantitative estimate of drug-likeness (QED) is 0.481. The fraction of sp³-hybridized carbons (Fsp3) is 0.500. The minimum absolute atomic E-state index is 0.318. The summed E-state index contributed by atoms with van der Waals surface area (Å²) in [7, 11) is 1.75. The van der Waals surface area contributed by atoms with Gasteiger partial charge in [0.15, 0.2) is 0 Å². The second-order valence-electron chi connectivity index (χ2n) is 7.62. The van der Waals surface area contributed by atoms with Crippen LogP contribution in [-0.4, -0.2) is 19.3 Å². The molecule has 0 radical (unpaired) electrons. The molecule has 2 aromatic carbocycles. The maximum Gasteiger partial charge on any atom is 0.123 e. The van der Waals surface area contributed by atoms with Crippen molar-refractivity contribution in [3.63, 3.8) is 0 Å². The van der Waals surface area contributed by atoms with Crippen LogP contribution in [0.5, 0.6) is 5.75 Å². The molecule has 2 aromatic rings. The second-order valence-corrected chi connectivity index (χ2v) is 7.62. The van der Waals surface area contributed by atoms with Crippen LogP contribution in [0.4, 0.5) is 0 Å². The summed E-state index contributed by atoms with van der Waals surface area (Å²) in [5.41, 5.74) is 2.62. The zero-order valence-corrected chi connectivity index (χ0v) is 16.6. The fourth-order valence-corrected chi connectivity index (χ4v) is 4.01. The third-order valence-electron chi connectivity index (χ3n) is 5.59. The van der Waals surface area contributed by atoms with E-state index in [0.29, 0.717) is 12.2 Å². The van der Waals surface area contributed by atoms with Crippen LogP contribution in [0.2, 0.25) is 0 Å². The zero-order valence-electron chi connectivity index (χ0n) is 16.6. The van der Waals surface area contributed by atoms with E-state index in [-0.39, 0.29) is 0 Å². The van der Waals surface area contributed by atoms with Crippen molar-refractivity contribution in [1.82, 2.24) is 10.6 Å². The molecule has 1 atom stereocenters. The van der Waals surface area contributed by atoms with Crippen LogP contribution in [0.3, 0.4) is 0 Å². The van der Waals surface area contributed by atoms with Crippen LogP contribution in [0.1, 0.15) is 56.1 Å². The first-order valence-electron chi connectivity index (χ1n) is 10.5. The molecule has 0 saturated heterocycles. The zero-order chi connectivity index (χ0) is 18.7. The molecule has 1 saturated carbocycles. The van der Waals surface area contributed by atoms with Gasteiger partial charge < -0.3 is 4.74 Å². The van der Waals surface area contributed by atoms with E-state index in [0.717, 1.165) is 25.1 Å². The highest BCUT2D eigenvalue weighted by atomic mass is 16.5. The molecule has 0 aromatic heterocycles. The molecule has 146 valence electrons. The molecule has 0 amide bonds. The van der Waals surface area contributed by atoms with Crippen molar-refractivity contribution >= 4 is 0 Å². The third kappa shape index (κ3) is 6.67. The second kappa shape index (κ2) is 11.1. The van der Waals surface area contributed by atoms with Crippen LogP contribution in [0.15, 0.2) is 54.6 Å². The van der Waals surface area contributed by atoms with Crippen molar-refractivity contribution in [3.8, 4) is 5.75 Å². The van der Waals surface area contributed by atoms with Gasteiger partial charge in [-0.1, -0.05) is 74.2 Å². The number of ether oxygens (including phenoxy) is 1. The van der Waals surface area contributed by atoms with E-state index in [4.69, 9.17) is 4.74 Å². The highest BCUT2D eigenvalue weighted by molar-refractivity contribution is 5.33. The molecule has 3 nitrogen and oxygen atoms in total. The normalized spacial score (nSPS) is 16.6. The van der Waals surface area contributed by atoms with Gasteiger partial charge in [-0.25, -0.2) is 0 Å². The highest BCUT2D eigenvalue weighted by Crippen LogP contribution is 2.19. The van der Waals surface area contributed by atoms with Crippen molar-refractivity contribution < 1.29 is 4.74 Å². The Morgan fingerprint density at radius 2 is 1.63 bits per heavy atom. The van der Waals surface area contributed by atoms with Crippen LogP contribution in [-0.2, 0) is 13.0 Å². The van der Waals surface area contributed by atoms with Gasteiger partial charge in [-0.3, -0.25) is 10.6 Å². The van der Waals surface area contributed by atoms with Crippen molar-refractivity contribution in [2.45, 2.75) is 70.1 Å². The van der Waals surface area contributed by atoms with Crippen molar-refractivity contribution in [3.05, 3.63) is 65.7 Å². The minimum atomic E-state index is 0.318. The number of aryl methyl sites for hydroxylation is 1. The smallest absolute Gasteiger partial charge is 0.123 e. The summed E-state index contributed by atoms with van der Waals surface area (Å²) in [5.74, 6) is 0.960. The highest BCUT2D eigenvalue weighted by Gasteiger charge is 2.17. The van der Waals surface area contributed by atoms with Gasteiger partial charge in [0.05, 0.1) is 13.3 Å². The van der Waals surface area contributed by atoms with Gasteiger partial charge >= 0.3 is 0 Å². The molecule has 0 spiro atoms. The molecule has 3 heteroatoms. The number of rotatable bonds is 9. The summed E-state index contributed by atoms with van der Waals surface area (Å²) in [6.45, 7) is 0.823. The molecule has 2 N–H and O–H groups in total. The molecular formula is C24H34N2O. The van der Waals surface area contributed by atoms with E-state index < -0.39 is 0 Å². The number of hydrogen-bond donors (Lipinski definition) is 2. The van der Waals surface area contributed by atoms with Crippen molar-refractivity contribution in [2.75, 3.05) is 7.11 Å². The molecule has 0 aliphatic heterocycles. The number of hydrogen-bond acceptors (Lipinski definition) is 3. The van der Waals surface area contributed by atoms with E-state index in [1.165, 1.54) is 49.7 Å². The van der Waals surface area contributed by atoms with Crippen molar-refractivity contribution in [2.24, 2.45) is 0 Å². The molecule has 0 heterocycles. The van der Waals surface area contributed by atoms with Crippen LogP contribution in [0.25, 0.3) is 0 Å². The average Bonchev–Trinajstić information content (AvgIpc) is 2.99. The predicted molar refractivity (Wildman–Crippen MR) is 113 cm³/mol. The molecule has 0 unspecified atom stereocenters. The summed E-state index contributed by atoms with van der Waals surface area (Å²) in [6.07, 6.45) is 10.6. The molecule has 0 bridgehead atoms. The van der Waals surface area contributed by atoms with Gasteiger partial charge in [-0.2, -0.15) is 0 Å². The average molecular weight is 367 g/mol.